The first-order chi connectivity index (χ1) is 19.1. The van der Waals surface area contributed by atoms with Crippen LogP contribution in [0.1, 0.15) is 86.6 Å². The fraction of sp³-hybridized carbons (Fsp3) is 0.545. The van der Waals surface area contributed by atoms with Crippen molar-refractivity contribution < 1.29 is 18.3 Å². The van der Waals surface area contributed by atoms with Crippen LogP contribution in [0.5, 0.6) is 0 Å². The van der Waals surface area contributed by atoms with Gasteiger partial charge in [0.25, 0.3) is 0 Å². The van der Waals surface area contributed by atoms with Crippen molar-refractivity contribution in [2.45, 2.75) is 103 Å². The minimum Gasteiger partial charge on any atom is -0.444 e. The Bertz CT molecular complexity index is 1360. The average molecular weight is 584 g/mol. The number of rotatable bonds is 7. The first-order valence-corrected chi connectivity index (χ1v) is 17.2. The Morgan fingerprint density at radius 1 is 0.902 bits per heavy atom. The molecule has 1 aliphatic heterocycles. The Morgan fingerprint density at radius 3 is 2.00 bits per heavy atom. The third kappa shape index (κ3) is 6.18. The molecule has 1 aliphatic rings. The number of piperidine rings is 1. The zero-order valence-electron chi connectivity index (χ0n) is 26.1. The molecule has 0 aliphatic carbocycles. The standard InChI is InChI=1S/C33H47F2N3O2Si/c1-21(2)41(22(3)4,23(5)6)38-20-28(24-14-16-37(17-15-24)32(39)40-33(7,8)9)27-12-10-26(19-31(27)38)36-25-11-13-29(34)30(35)18-25/h10-13,18-24,36H,14-17H2,1-9H3. The fourth-order valence-electron chi connectivity index (χ4n) is 7.25. The van der Waals surface area contributed by atoms with Crippen LogP contribution >= 0.6 is 0 Å². The summed E-state index contributed by atoms with van der Waals surface area (Å²) in [5.41, 5.74) is 4.87. The molecule has 224 valence electrons. The summed E-state index contributed by atoms with van der Waals surface area (Å²) < 4.78 is 35.8. The molecule has 1 amide bonds. The first kappa shape index (κ1) is 31.1. The van der Waals surface area contributed by atoms with Gasteiger partial charge in [-0.25, -0.2) is 13.6 Å². The zero-order valence-corrected chi connectivity index (χ0v) is 27.1. The van der Waals surface area contributed by atoms with Crippen molar-refractivity contribution in [3.63, 3.8) is 0 Å². The highest BCUT2D eigenvalue weighted by Crippen LogP contribution is 2.47. The number of benzene rings is 2. The second kappa shape index (κ2) is 11.8. The molecule has 4 rings (SSSR count). The Morgan fingerprint density at radius 2 is 1.46 bits per heavy atom. The number of nitrogens with zero attached hydrogens (tertiary/aromatic N) is 2. The molecule has 0 unspecified atom stereocenters. The summed E-state index contributed by atoms with van der Waals surface area (Å²) in [7, 11) is -2.11. The molecule has 0 radical (unpaired) electrons. The Balaban J connectivity index is 1.77. The van der Waals surface area contributed by atoms with E-state index in [2.05, 4.69) is 69.4 Å². The van der Waals surface area contributed by atoms with Crippen molar-refractivity contribution in [2.75, 3.05) is 18.4 Å². The van der Waals surface area contributed by atoms with E-state index in [-0.39, 0.29) is 6.09 Å². The lowest BCUT2D eigenvalue weighted by atomic mass is 9.89. The van der Waals surface area contributed by atoms with Crippen molar-refractivity contribution in [3.8, 4) is 0 Å². The number of hydrogen-bond acceptors (Lipinski definition) is 3. The van der Waals surface area contributed by atoms with Crippen LogP contribution in [0.15, 0.2) is 42.6 Å². The van der Waals surface area contributed by atoms with Crippen molar-refractivity contribution >= 4 is 36.6 Å². The molecule has 0 saturated carbocycles. The van der Waals surface area contributed by atoms with Gasteiger partial charge in [-0.1, -0.05) is 47.6 Å². The predicted molar refractivity (Wildman–Crippen MR) is 168 cm³/mol. The quantitative estimate of drug-likeness (QED) is 0.282. The van der Waals surface area contributed by atoms with E-state index in [0.29, 0.717) is 41.3 Å². The van der Waals surface area contributed by atoms with Gasteiger partial charge in [-0.3, -0.25) is 0 Å². The number of aromatic nitrogens is 1. The van der Waals surface area contributed by atoms with Gasteiger partial charge in [-0.05, 0) is 92.2 Å². The molecule has 1 N–H and O–H groups in total. The highest BCUT2D eigenvalue weighted by atomic mass is 28.3. The average Bonchev–Trinajstić information content (AvgIpc) is 3.24. The van der Waals surface area contributed by atoms with Gasteiger partial charge in [0.05, 0.1) is 0 Å². The molecule has 0 spiro atoms. The summed E-state index contributed by atoms with van der Waals surface area (Å²) in [6.45, 7) is 21.2. The maximum absolute atomic E-state index is 13.9. The van der Waals surface area contributed by atoms with Gasteiger partial charge in [0.1, 0.15) is 5.60 Å². The zero-order chi connectivity index (χ0) is 30.3. The van der Waals surface area contributed by atoms with Crippen molar-refractivity contribution in [1.29, 1.82) is 0 Å². The summed E-state index contributed by atoms with van der Waals surface area (Å²) in [4.78, 5) is 14.5. The number of carbonyl (C=O) groups excluding carboxylic acids is 1. The maximum Gasteiger partial charge on any atom is 0.410 e. The molecule has 3 aromatic rings. The summed E-state index contributed by atoms with van der Waals surface area (Å²) >= 11 is 0. The molecule has 41 heavy (non-hydrogen) atoms. The second-order valence-electron chi connectivity index (χ2n) is 13.5. The minimum atomic E-state index is -2.11. The maximum atomic E-state index is 13.9. The number of fused-ring (bicyclic) bond motifs is 1. The SMILES string of the molecule is CC(C)[Si](C(C)C)(C(C)C)n1cc(C2CCN(C(=O)OC(C)(C)C)CC2)c2ccc(Nc3ccc(F)c(F)c3)cc21. The van der Waals surface area contributed by atoms with Crippen LogP contribution in [0.25, 0.3) is 10.9 Å². The third-order valence-corrected chi connectivity index (χ3v) is 15.6. The van der Waals surface area contributed by atoms with Crippen LogP contribution in [-0.4, -0.2) is 42.2 Å². The van der Waals surface area contributed by atoms with Crippen LogP contribution in [-0.2, 0) is 4.74 Å². The topological polar surface area (TPSA) is 46.5 Å². The Kier molecular flexibility index (Phi) is 8.93. The number of nitrogens with one attached hydrogen (secondary N) is 1. The van der Waals surface area contributed by atoms with Gasteiger partial charge in [0, 0.05) is 41.4 Å². The summed E-state index contributed by atoms with van der Waals surface area (Å²) in [6.07, 6.45) is 3.95. The number of anilines is 2. The van der Waals surface area contributed by atoms with Crippen LogP contribution in [0.4, 0.5) is 25.0 Å². The van der Waals surface area contributed by atoms with Gasteiger partial charge >= 0.3 is 6.09 Å². The molecular weight excluding hydrogens is 536 g/mol. The van der Waals surface area contributed by atoms with Gasteiger partial charge in [-0.15, -0.1) is 0 Å². The highest BCUT2D eigenvalue weighted by Gasteiger charge is 2.46. The number of halogens is 2. The molecular formula is C33H47F2N3O2Si. The summed E-state index contributed by atoms with van der Waals surface area (Å²) in [5, 5.41) is 4.53. The monoisotopic (exact) mass is 583 g/mol. The lowest BCUT2D eigenvalue weighted by Crippen LogP contribution is -2.51. The number of amides is 1. The van der Waals surface area contributed by atoms with E-state index in [1.807, 2.05) is 31.7 Å². The number of likely N-dealkylation sites (tertiary alicyclic amines) is 1. The van der Waals surface area contributed by atoms with Gasteiger partial charge < -0.3 is 19.2 Å². The van der Waals surface area contributed by atoms with E-state index >= 15 is 0 Å². The van der Waals surface area contributed by atoms with Crippen LogP contribution in [0, 0.1) is 11.6 Å². The molecule has 8 heteroatoms. The van der Waals surface area contributed by atoms with E-state index in [9.17, 15) is 13.6 Å². The van der Waals surface area contributed by atoms with Gasteiger partial charge in [0.15, 0.2) is 19.9 Å². The normalized spacial score (nSPS) is 15.4. The van der Waals surface area contributed by atoms with Crippen LogP contribution in [0.3, 0.4) is 0 Å². The molecule has 1 aromatic heterocycles. The molecule has 2 aromatic carbocycles. The second-order valence-corrected chi connectivity index (χ2v) is 19.3. The fourth-order valence-corrected chi connectivity index (χ4v) is 13.9. The van der Waals surface area contributed by atoms with Gasteiger partial charge in [-0.2, -0.15) is 0 Å². The molecule has 0 bridgehead atoms. The predicted octanol–water partition coefficient (Wildman–Crippen LogP) is 9.80. The lowest BCUT2D eigenvalue weighted by molar-refractivity contribution is 0.0205. The summed E-state index contributed by atoms with van der Waals surface area (Å²) in [5.74, 6) is -1.39. The highest BCUT2D eigenvalue weighted by molar-refractivity contribution is 6.82. The van der Waals surface area contributed by atoms with E-state index in [0.717, 1.165) is 24.6 Å². The van der Waals surface area contributed by atoms with Gasteiger partial charge in [0.2, 0.25) is 0 Å². The van der Waals surface area contributed by atoms with Crippen molar-refractivity contribution in [1.82, 2.24) is 9.13 Å². The van der Waals surface area contributed by atoms with Crippen molar-refractivity contribution in [3.05, 3.63) is 59.8 Å². The van der Waals surface area contributed by atoms with E-state index < -0.39 is 25.5 Å². The lowest BCUT2D eigenvalue weighted by Gasteiger charge is -2.44. The van der Waals surface area contributed by atoms with E-state index in [4.69, 9.17) is 4.74 Å². The first-order valence-electron chi connectivity index (χ1n) is 15.0. The molecule has 1 fully saturated rings. The third-order valence-electron chi connectivity index (χ3n) is 8.82. The van der Waals surface area contributed by atoms with E-state index in [1.165, 1.54) is 22.5 Å². The molecule has 0 atom stereocenters. The Labute approximate surface area is 245 Å². The Hall–Kier alpha value is -2.87. The van der Waals surface area contributed by atoms with E-state index in [1.54, 1.807) is 6.07 Å². The number of carbonyl (C=O) groups is 1. The molecule has 2 heterocycles. The molecule has 5 nitrogen and oxygen atoms in total. The number of hydrogen-bond donors (Lipinski definition) is 1. The van der Waals surface area contributed by atoms with Crippen LogP contribution in [0.2, 0.25) is 16.6 Å². The molecule has 1 saturated heterocycles. The minimum absolute atomic E-state index is 0.239. The summed E-state index contributed by atoms with van der Waals surface area (Å²) in [6, 6.07) is 10.3. The smallest absolute Gasteiger partial charge is 0.410 e. The van der Waals surface area contributed by atoms with Crippen LogP contribution < -0.4 is 5.32 Å². The number of ether oxygens (including phenoxy) is 1. The largest absolute Gasteiger partial charge is 0.444 e. The van der Waals surface area contributed by atoms with Crippen molar-refractivity contribution in [2.24, 2.45) is 0 Å².